The average molecular weight is 268 g/mol. The number of halogens is 3. The lowest BCUT2D eigenvalue weighted by Gasteiger charge is -2.10. The topological polar surface area (TPSA) is 110 Å². The monoisotopic (exact) mass is 268 g/mol. The average Bonchev–Trinajstić information content (AvgIpc) is 2.02. The molecular formula is C5H11F3N2O5S. The zero-order chi connectivity index (χ0) is 13.6. The van der Waals surface area contributed by atoms with Crippen LogP contribution in [0.25, 0.3) is 0 Å². The van der Waals surface area contributed by atoms with Gasteiger partial charge in [0.25, 0.3) is 0 Å². The summed E-state index contributed by atoms with van der Waals surface area (Å²) in [7, 11) is -3.38. The van der Waals surface area contributed by atoms with Gasteiger partial charge in [0.05, 0.1) is 12.9 Å². The maximum atomic E-state index is 10.6. The fourth-order valence-corrected chi connectivity index (χ4v) is 0.520. The number of alkyl halides is 3. The summed E-state index contributed by atoms with van der Waals surface area (Å²) in [5.74, 6) is 2.13. The van der Waals surface area contributed by atoms with Gasteiger partial charge in [-0.2, -0.15) is 13.2 Å². The quantitative estimate of drug-likeness (QED) is 0.537. The molecule has 0 aromatic rings. The third-order valence-electron chi connectivity index (χ3n) is 0.826. The second kappa shape index (κ2) is 6.62. The number of aliphatic carboxylic acids is 1. The van der Waals surface area contributed by atoms with Crippen molar-refractivity contribution in [2.45, 2.75) is 13.1 Å². The zero-order valence-electron chi connectivity index (χ0n) is 8.35. The second-order valence-electron chi connectivity index (χ2n) is 2.24. The number of carbonyl (C=O) groups is 1. The van der Waals surface area contributed by atoms with Crippen molar-refractivity contribution < 1.29 is 36.3 Å². The van der Waals surface area contributed by atoms with Crippen molar-refractivity contribution in [1.82, 2.24) is 4.58 Å². The third kappa shape index (κ3) is 9.64. The largest absolute Gasteiger partial charge is 0.490 e. The number of hydrazine groups is 1. The van der Waals surface area contributed by atoms with Crippen molar-refractivity contribution in [3.05, 3.63) is 0 Å². The van der Waals surface area contributed by atoms with Crippen LogP contribution in [0, 0.1) is 0 Å². The summed E-state index contributed by atoms with van der Waals surface area (Å²) in [5.41, 5.74) is 0. The molecular weight excluding hydrogens is 257 g/mol. The SMILES string of the molecule is CCON(N)S(C)(=O)=O.O=C(O)C(F)(F)F. The molecule has 16 heavy (non-hydrogen) atoms. The number of sulfonamides is 1. The molecule has 98 valence electrons. The molecule has 0 fully saturated rings. The lowest BCUT2D eigenvalue weighted by atomic mass is 10.7. The van der Waals surface area contributed by atoms with E-state index in [9.17, 15) is 21.6 Å². The van der Waals surface area contributed by atoms with Gasteiger partial charge in [-0.3, -0.25) is 4.84 Å². The molecule has 0 heterocycles. The van der Waals surface area contributed by atoms with Crippen LogP contribution in [-0.2, 0) is 19.7 Å². The maximum Gasteiger partial charge on any atom is 0.490 e. The van der Waals surface area contributed by atoms with Gasteiger partial charge in [0.2, 0.25) is 10.0 Å². The van der Waals surface area contributed by atoms with E-state index in [0.717, 1.165) is 6.26 Å². The van der Waals surface area contributed by atoms with Gasteiger partial charge in [-0.15, -0.1) is 0 Å². The molecule has 0 amide bonds. The molecule has 0 atom stereocenters. The first-order valence-corrected chi connectivity index (χ1v) is 5.45. The van der Waals surface area contributed by atoms with Gasteiger partial charge in [-0.25, -0.2) is 19.1 Å². The first kappa shape index (κ1) is 17.5. The number of hydrogen-bond acceptors (Lipinski definition) is 5. The molecule has 0 radical (unpaired) electrons. The molecule has 0 aromatic heterocycles. The van der Waals surface area contributed by atoms with E-state index in [0.29, 0.717) is 4.58 Å². The molecule has 0 spiro atoms. The highest BCUT2D eigenvalue weighted by Crippen LogP contribution is 2.13. The molecule has 3 N–H and O–H groups in total. The minimum Gasteiger partial charge on any atom is -0.475 e. The Kier molecular flexibility index (Phi) is 7.24. The summed E-state index contributed by atoms with van der Waals surface area (Å²) >= 11 is 0. The van der Waals surface area contributed by atoms with Crippen molar-refractivity contribution in [3.8, 4) is 0 Å². The number of nitrogens with zero attached hydrogens (tertiary/aromatic N) is 1. The normalized spacial score (nSPS) is 11.9. The van der Waals surface area contributed by atoms with E-state index in [1.165, 1.54) is 0 Å². The highest BCUT2D eigenvalue weighted by molar-refractivity contribution is 7.88. The minimum atomic E-state index is -5.08. The smallest absolute Gasteiger partial charge is 0.475 e. The Morgan fingerprint density at radius 2 is 1.81 bits per heavy atom. The fourth-order valence-electron chi connectivity index (χ4n) is 0.223. The summed E-state index contributed by atoms with van der Waals surface area (Å²) in [6.45, 7) is 1.88. The first-order valence-electron chi connectivity index (χ1n) is 3.61. The molecule has 0 bridgehead atoms. The van der Waals surface area contributed by atoms with Crippen molar-refractivity contribution >= 4 is 16.0 Å². The van der Waals surface area contributed by atoms with Gasteiger partial charge in [0, 0.05) is 0 Å². The van der Waals surface area contributed by atoms with E-state index in [4.69, 9.17) is 15.7 Å². The summed E-state index contributed by atoms with van der Waals surface area (Å²) in [6, 6.07) is 0. The Balaban J connectivity index is 0. The van der Waals surface area contributed by atoms with Gasteiger partial charge in [0.15, 0.2) is 0 Å². The molecule has 0 saturated heterocycles. The number of nitrogens with two attached hydrogens (primary N) is 1. The van der Waals surface area contributed by atoms with Crippen LogP contribution in [0.15, 0.2) is 0 Å². The van der Waals surface area contributed by atoms with Crippen LogP contribution < -0.4 is 5.84 Å². The van der Waals surface area contributed by atoms with E-state index < -0.39 is 22.2 Å². The summed E-state index contributed by atoms with van der Waals surface area (Å²) < 4.78 is 52.9. The summed E-state index contributed by atoms with van der Waals surface area (Å²) in [4.78, 5) is 13.3. The number of rotatable bonds is 3. The van der Waals surface area contributed by atoms with E-state index in [2.05, 4.69) is 4.84 Å². The Morgan fingerprint density at radius 3 is 1.88 bits per heavy atom. The van der Waals surface area contributed by atoms with E-state index >= 15 is 0 Å². The van der Waals surface area contributed by atoms with Crippen molar-refractivity contribution in [3.63, 3.8) is 0 Å². The summed E-state index contributed by atoms with van der Waals surface area (Å²) in [5, 5.41) is 7.12. The third-order valence-corrected chi connectivity index (χ3v) is 1.58. The van der Waals surface area contributed by atoms with Crippen LogP contribution in [0.3, 0.4) is 0 Å². The highest BCUT2D eigenvalue weighted by atomic mass is 32.2. The minimum absolute atomic E-state index is 0.240. The fraction of sp³-hybridized carbons (Fsp3) is 0.800. The Bertz CT molecular complexity index is 315. The molecule has 0 aliphatic rings. The maximum absolute atomic E-state index is 10.6. The molecule has 0 aliphatic heterocycles. The first-order chi connectivity index (χ1) is 6.92. The standard InChI is InChI=1S/C3H10N2O3S.C2HF3O2/c1-3-8-5(4)9(2,6)7;3-2(4,5)1(6)7/h3-4H2,1-2H3;(H,6,7). The molecule has 7 nitrogen and oxygen atoms in total. The lowest BCUT2D eigenvalue weighted by molar-refractivity contribution is -0.192. The van der Waals surface area contributed by atoms with Crippen LogP contribution >= 0.6 is 0 Å². The molecule has 0 unspecified atom stereocenters. The van der Waals surface area contributed by atoms with Gasteiger partial charge in [0.1, 0.15) is 0 Å². The van der Waals surface area contributed by atoms with E-state index in [-0.39, 0.29) is 6.61 Å². The van der Waals surface area contributed by atoms with Crippen LogP contribution in [0.2, 0.25) is 0 Å². The predicted molar refractivity (Wildman–Crippen MR) is 46.2 cm³/mol. The number of carboxylic acid groups (broad SMARTS) is 1. The Labute approximate surface area is 89.6 Å². The number of hydrogen-bond donors (Lipinski definition) is 2. The van der Waals surface area contributed by atoms with Crippen molar-refractivity contribution in [2.75, 3.05) is 12.9 Å². The zero-order valence-corrected chi connectivity index (χ0v) is 9.17. The van der Waals surface area contributed by atoms with Crippen LogP contribution in [0.4, 0.5) is 13.2 Å². The molecule has 0 aromatic carbocycles. The Hall–Kier alpha value is -0.910. The predicted octanol–water partition coefficient (Wildman–Crippen LogP) is -0.293. The van der Waals surface area contributed by atoms with E-state index in [1.54, 1.807) is 6.92 Å². The second-order valence-corrected chi connectivity index (χ2v) is 4.06. The molecule has 11 heteroatoms. The molecule has 0 saturated carbocycles. The number of carboxylic acids is 1. The Morgan fingerprint density at radius 1 is 1.50 bits per heavy atom. The van der Waals surface area contributed by atoms with Crippen LogP contribution in [-0.4, -0.2) is 43.1 Å². The lowest BCUT2D eigenvalue weighted by Crippen LogP contribution is -2.36. The summed E-state index contributed by atoms with van der Waals surface area (Å²) in [6.07, 6.45) is -4.12. The molecule has 0 rings (SSSR count). The van der Waals surface area contributed by atoms with Crippen molar-refractivity contribution in [2.24, 2.45) is 5.84 Å². The van der Waals surface area contributed by atoms with Gasteiger partial charge in [-0.1, -0.05) is 0 Å². The van der Waals surface area contributed by atoms with Crippen LogP contribution in [0.5, 0.6) is 0 Å². The molecule has 0 aliphatic carbocycles. The van der Waals surface area contributed by atoms with Gasteiger partial charge >= 0.3 is 12.1 Å². The highest BCUT2D eigenvalue weighted by Gasteiger charge is 2.38. The van der Waals surface area contributed by atoms with Crippen LogP contribution in [0.1, 0.15) is 6.92 Å². The van der Waals surface area contributed by atoms with Gasteiger partial charge < -0.3 is 5.11 Å². The van der Waals surface area contributed by atoms with Crippen molar-refractivity contribution in [1.29, 1.82) is 0 Å². The van der Waals surface area contributed by atoms with E-state index in [1.807, 2.05) is 0 Å². The van der Waals surface area contributed by atoms with Gasteiger partial charge in [-0.05, 0) is 11.5 Å².